The standard InChI is InChI=1S/C16H25NO/c1-10-7-11(2)13(4)14(12(10)3)16(8-18-9-16)15(5,6)17/h7H,8-9,17H2,1-6H3. The fourth-order valence-electron chi connectivity index (χ4n) is 3.08. The summed E-state index contributed by atoms with van der Waals surface area (Å²) in [5.41, 5.74) is 13.0. The van der Waals surface area contributed by atoms with E-state index in [-0.39, 0.29) is 11.0 Å². The predicted molar refractivity (Wildman–Crippen MR) is 76.2 cm³/mol. The van der Waals surface area contributed by atoms with Crippen molar-refractivity contribution < 1.29 is 4.74 Å². The Labute approximate surface area is 111 Å². The predicted octanol–water partition coefficient (Wildman–Crippen LogP) is 2.93. The Morgan fingerprint density at radius 1 is 1.06 bits per heavy atom. The molecule has 0 spiro atoms. The van der Waals surface area contributed by atoms with E-state index in [0.717, 1.165) is 13.2 Å². The number of hydrogen-bond acceptors (Lipinski definition) is 2. The zero-order valence-electron chi connectivity index (χ0n) is 12.5. The van der Waals surface area contributed by atoms with Gasteiger partial charge >= 0.3 is 0 Å². The first kappa shape index (κ1) is 13.6. The van der Waals surface area contributed by atoms with Crippen LogP contribution in [0.4, 0.5) is 0 Å². The second-order valence-corrected chi connectivity index (χ2v) is 6.43. The van der Waals surface area contributed by atoms with Crippen LogP contribution >= 0.6 is 0 Å². The molecule has 0 radical (unpaired) electrons. The lowest BCUT2D eigenvalue weighted by atomic mass is 9.62. The molecule has 2 N–H and O–H groups in total. The minimum Gasteiger partial charge on any atom is -0.379 e. The van der Waals surface area contributed by atoms with Gasteiger partial charge in [0.1, 0.15) is 0 Å². The summed E-state index contributed by atoms with van der Waals surface area (Å²) in [4.78, 5) is 0. The number of ether oxygens (including phenoxy) is 1. The monoisotopic (exact) mass is 247 g/mol. The molecule has 1 saturated heterocycles. The number of rotatable bonds is 2. The van der Waals surface area contributed by atoms with E-state index in [0.29, 0.717) is 0 Å². The van der Waals surface area contributed by atoms with Crippen molar-refractivity contribution in [2.24, 2.45) is 5.73 Å². The number of nitrogens with two attached hydrogens (primary N) is 1. The first-order valence-electron chi connectivity index (χ1n) is 6.65. The van der Waals surface area contributed by atoms with Gasteiger partial charge in [0.15, 0.2) is 0 Å². The van der Waals surface area contributed by atoms with E-state index in [1.807, 2.05) is 0 Å². The molecule has 2 heteroatoms. The molecule has 0 saturated carbocycles. The molecule has 2 rings (SSSR count). The van der Waals surface area contributed by atoms with E-state index in [9.17, 15) is 0 Å². The summed E-state index contributed by atoms with van der Waals surface area (Å²) in [6, 6.07) is 2.27. The maximum Gasteiger partial charge on any atom is 0.0603 e. The van der Waals surface area contributed by atoms with Crippen molar-refractivity contribution in [3.05, 3.63) is 33.9 Å². The molecule has 1 aliphatic heterocycles. The average Bonchev–Trinajstić information content (AvgIpc) is 2.16. The van der Waals surface area contributed by atoms with Gasteiger partial charge in [-0.05, 0) is 69.4 Å². The minimum atomic E-state index is -0.263. The maximum atomic E-state index is 6.47. The van der Waals surface area contributed by atoms with Crippen molar-refractivity contribution in [3.8, 4) is 0 Å². The van der Waals surface area contributed by atoms with Crippen molar-refractivity contribution in [2.75, 3.05) is 13.2 Å². The van der Waals surface area contributed by atoms with Gasteiger partial charge in [0, 0.05) is 5.54 Å². The van der Waals surface area contributed by atoms with E-state index in [1.54, 1.807) is 0 Å². The summed E-state index contributed by atoms with van der Waals surface area (Å²) in [6.07, 6.45) is 0. The van der Waals surface area contributed by atoms with Gasteiger partial charge in [0.05, 0.1) is 18.6 Å². The lowest BCUT2D eigenvalue weighted by Crippen LogP contribution is -2.65. The van der Waals surface area contributed by atoms with E-state index >= 15 is 0 Å². The van der Waals surface area contributed by atoms with E-state index in [4.69, 9.17) is 10.5 Å². The summed E-state index contributed by atoms with van der Waals surface area (Å²) < 4.78 is 5.53. The largest absolute Gasteiger partial charge is 0.379 e. The molecule has 0 unspecified atom stereocenters. The van der Waals surface area contributed by atoms with E-state index in [1.165, 1.54) is 27.8 Å². The molecule has 1 aromatic carbocycles. The maximum absolute atomic E-state index is 6.47. The van der Waals surface area contributed by atoms with Crippen LogP contribution in [0, 0.1) is 27.7 Å². The minimum absolute atomic E-state index is 0.0298. The molecule has 1 aliphatic rings. The van der Waals surface area contributed by atoms with Crippen molar-refractivity contribution in [1.82, 2.24) is 0 Å². The molecule has 0 amide bonds. The van der Waals surface area contributed by atoms with Gasteiger partial charge in [-0.25, -0.2) is 0 Å². The smallest absolute Gasteiger partial charge is 0.0603 e. The van der Waals surface area contributed by atoms with Crippen LogP contribution in [0.15, 0.2) is 6.07 Å². The average molecular weight is 247 g/mol. The molecule has 0 bridgehead atoms. The Morgan fingerprint density at radius 2 is 1.50 bits per heavy atom. The lowest BCUT2D eigenvalue weighted by Gasteiger charge is -2.52. The fourth-order valence-corrected chi connectivity index (χ4v) is 3.08. The Bertz CT molecular complexity index is 453. The van der Waals surface area contributed by atoms with Crippen LogP contribution in [-0.4, -0.2) is 18.8 Å². The highest BCUT2D eigenvalue weighted by Crippen LogP contribution is 2.44. The molecule has 0 aliphatic carbocycles. The highest BCUT2D eigenvalue weighted by atomic mass is 16.5. The lowest BCUT2D eigenvalue weighted by molar-refractivity contribution is -0.0925. The molecule has 0 atom stereocenters. The quantitative estimate of drug-likeness (QED) is 0.872. The van der Waals surface area contributed by atoms with Crippen molar-refractivity contribution >= 4 is 0 Å². The van der Waals surface area contributed by atoms with Crippen LogP contribution in [0.1, 0.15) is 41.7 Å². The second kappa shape index (κ2) is 4.07. The Morgan fingerprint density at radius 3 is 1.78 bits per heavy atom. The topological polar surface area (TPSA) is 35.2 Å². The molecular formula is C16H25NO. The highest BCUT2D eigenvalue weighted by molar-refractivity contribution is 5.51. The first-order chi connectivity index (χ1) is 8.21. The number of hydrogen-bond donors (Lipinski definition) is 1. The number of aryl methyl sites for hydroxylation is 2. The molecule has 1 fully saturated rings. The summed E-state index contributed by atoms with van der Waals surface area (Å²) >= 11 is 0. The molecule has 18 heavy (non-hydrogen) atoms. The fraction of sp³-hybridized carbons (Fsp3) is 0.625. The van der Waals surface area contributed by atoms with Crippen LogP contribution in [-0.2, 0) is 10.2 Å². The van der Waals surface area contributed by atoms with E-state index < -0.39 is 0 Å². The van der Waals surface area contributed by atoms with Gasteiger partial charge in [0.2, 0.25) is 0 Å². The summed E-state index contributed by atoms with van der Waals surface area (Å²) in [6.45, 7) is 14.5. The highest BCUT2D eigenvalue weighted by Gasteiger charge is 2.51. The third kappa shape index (κ3) is 1.70. The van der Waals surface area contributed by atoms with Crippen LogP contribution in [0.2, 0.25) is 0 Å². The van der Waals surface area contributed by atoms with Gasteiger partial charge in [-0.15, -0.1) is 0 Å². The molecule has 1 aromatic rings. The molecule has 100 valence electrons. The van der Waals surface area contributed by atoms with Crippen molar-refractivity contribution in [1.29, 1.82) is 0 Å². The van der Waals surface area contributed by atoms with Crippen LogP contribution < -0.4 is 5.73 Å². The van der Waals surface area contributed by atoms with Gasteiger partial charge in [-0.1, -0.05) is 6.07 Å². The third-order valence-electron chi connectivity index (χ3n) is 4.77. The zero-order chi connectivity index (χ0) is 13.7. The SMILES string of the molecule is Cc1cc(C)c(C)c(C2(C(C)(C)N)COC2)c1C. The van der Waals surface area contributed by atoms with E-state index in [2.05, 4.69) is 47.6 Å². The van der Waals surface area contributed by atoms with Crippen LogP contribution in [0.5, 0.6) is 0 Å². The van der Waals surface area contributed by atoms with Gasteiger partial charge in [0.25, 0.3) is 0 Å². The van der Waals surface area contributed by atoms with Gasteiger partial charge in [-0.3, -0.25) is 0 Å². The zero-order valence-corrected chi connectivity index (χ0v) is 12.5. The molecule has 2 nitrogen and oxygen atoms in total. The third-order valence-corrected chi connectivity index (χ3v) is 4.77. The second-order valence-electron chi connectivity index (χ2n) is 6.43. The molecular weight excluding hydrogens is 222 g/mol. The Balaban J connectivity index is 2.71. The van der Waals surface area contributed by atoms with Crippen molar-refractivity contribution in [3.63, 3.8) is 0 Å². The summed E-state index contributed by atoms with van der Waals surface area (Å²) in [5, 5.41) is 0. The first-order valence-corrected chi connectivity index (χ1v) is 6.65. The molecule has 0 aromatic heterocycles. The molecule has 1 heterocycles. The van der Waals surface area contributed by atoms with Gasteiger partial charge < -0.3 is 10.5 Å². The Hall–Kier alpha value is -0.860. The van der Waals surface area contributed by atoms with Crippen LogP contribution in [0.3, 0.4) is 0 Å². The summed E-state index contributed by atoms with van der Waals surface area (Å²) in [7, 11) is 0. The Kier molecular flexibility index (Phi) is 3.07. The normalized spacial score (nSPS) is 18.6. The van der Waals surface area contributed by atoms with Crippen molar-refractivity contribution in [2.45, 2.75) is 52.5 Å². The van der Waals surface area contributed by atoms with Crippen LogP contribution in [0.25, 0.3) is 0 Å². The summed E-state index contributed by atoms with van der Waals surface area (Å²) in [5.74, 6) is 0. The van der Waals surface area contributed by atoms with Gasteiger partial charge in [-0.2, -0.15) is 0 Å². The number of benzene rings is 1.